The largest absolute Gasteiger partial charge is 0.492 e. The molecule has 5 nitrogen and oxygen atoms in total. The van der Waals surface area contributed by atoms with Crippen molar-refractivity contribution in [3.05, 3.63) is 12.1 Å². The van der Waals surface area contributed by atoms with Crippen molar-refractivity contribution in [3.8, 4) is 11.8 Å². The van der Waals surface area contributed by atoms with Crippen LogP contribution in [0.5, 0.6) is 11.8 Å². The van der Waals surface area contributed by atoms with E-state index in [9.17, 15) is 15.0 Å². The molecule has 0 atom stereocenters. The molecule has 0 radical (unpaired) electrons. The lowest BCUT2D eigenvalue weighted by Gasteiger charge is -2.06. The summed E-state index contributed by atoms with van der Waals surface area (Å²) in [6.45, 7) is 2.26. The first-order valence-electron chi connectivity index (χ1n) is 11.0. The van der Waals surface area contributed by atoms with E-state index in [2.05, 4.69) is 6.92 Å². The summed E-state index contributed by atoms with van der Waals surface area (Å²) in [7, 11) is 0. The van der Waals surface area contributed by atoms with Crippen molar-refractivity contribution >= 4 is 5.97 Å². The summed E-state index contributed by atoms with van der Waals surface area (Å²) < 4.78 is 0.744. The van der Waals surface area contributed by atoms with Gasteiger partial charge in [-0.1, -0.05) is 96.8 Å². The maximum absolute atomic E-state index is 11.7. The minimum atomic E-state index is -0.438. The van der Waals surface area contributed by atoms with Crippen LogP contribution < -0.4 is 4.84 Å². The van der Waals surface area contributed by atoms with Gasteiger partial charge in [0.05, 0.1) is 0 Å². The van der Waals surface area contributed by atoms with Crippen LogP contribution >= 0.6 is 0 Å². The average Bonchev–Trinajstić information content (AvgIpc) is 2.97. The first-order chi connectivity index (χ1) is 13.1. The fourth-order valence-electron chi connectivity index (χ4n) is 3.28. The van der Waals surface area contributed by atoms with Gasteiger partial charge in [0.1, 0.15) is 0 Å². The molecule has 0 aliphatic rings. The molecule has 0 saturated heterocycles. The van der Waals surface area contributed by atoms with Crippen LogP contribution in [0.25, 0.3) is 0 Å². The van der Waals surface area contributed by atoms with Gasteiger partial charge in [-0.2, -0.15) is 0 Å². The lowest BCUT2D eigenvalue weighted by molar-refractivity contribution is -0.145. The zero-order chi connectivity index (χ0) is 19.7. The van der Waals surface area contributed by atoms with Crippen molar-refractivity contribution in [2.24, 2.45) is 0 Å². The van der Waals surface area contributed by atoms with Crippen LogP contribution in [0.2, 0.25) is 0 Å². The van der Waals surface area contributed by atoms with Gasteiger partial charge in [0.25, 0.3) is 0 Å². The molecule has 0 unspecified atom stereocenters. The first kappa shape index (κ1) is 23.4. The van der Waals surface area contributed by atoms with E-state index in [1.807, 2.05) is 0 Å². The molecule has 0 fully saturated rings. The molecule has 5 heteroatoms. The third-order valence-corrected chi connectivity index (χ3v) is 4.98. The standard InChI is InChI=1S/C22H39NO4/c1-2-3-4-5-6-7-8-9-10-11-12-13-14-15-16-17-22(26)27-23-20(24)18-19-21(23)25/h18-19,24-25H,2-17H2,1H3. The second-order valence-electron chi connectivity index (χ2n) is 7.51. The Kier molecular flexibility index (Phi) is 13.4. The predicted molar refractivity (Wildman–Crippen MR) is 109 cm³/mol. The molecule has 0 aromatic carbocycles. The Morgan fingerprint density at radius 2 is 1.11 bits per heavy atom. The molecule has 0 amide bonds. The second kappa shape index (κ2) is 15.4. The van der Waals surface area contributed by atoms with Crippen LogP contribution in [0.1, 0.15) is 110 Å². The van der Waals surface area contributed by atoms with Gasteiger partial charge >= 0.3 is 5.97 Å². The van der Waals surface area contributed by atoms with Crippen LogP contribution in [-0.2, 0) is 4.79 Å². The normalized spacial score (nSPS) is 11.0. The highest BCUT2D eigenvalue weighted by atomic mass is 16.7. The fourth-order valence-corrected chi connectivity index (χ4v) is 3.28. The highest BCUT2D eigenvalue weighted by Crippen LogP contribution is 2.19. The van der Waals surface area contributed by atoms with E-state index in [0.717, 1.165) is 24.0 Å². The Bertz CT molecular complexity index is 479. The summed E-state index contributed by atoms with van der Waals surface area (Å²) in [5, 5.41) is 18.8. The van der Waals surface area contributed by atoms with Gasteiger partial charge < -0.3 is 15.1 Å². The summed E-state index contributed by atoms with van der Waals surface area (Å²) in [4.78, 5) is 16.6. The van der Waals surface area contributed by atoms with Crippen LogP contribution in [0.4, 0.5) is 0 Å². The zero-order valence-corrected chi connectivity index (χ0v) is 17.1. The Balaban J connectivity index is 1.83. The van der Waals surface area contributed by atoms with Crippen LogP contribution in [-0.4, -0.2) is 20.9 Å². The smallest absolute Gasteiger partial charge is 0.333 e. The first-order valence-corrected chi connectivity index (χ1v) is 11.0. The van der Waals surface area contributed by atoms with Gasteiger partial charge in [-0.25, -0.2) is 4.79 Å². The topological polar surface area (TPSA) is 71.7 Å². The summed E-state index contributed by atoms with van der Waals surface area (Å²) in [5.74, 6) is -0.999. The van der Waals surface area contributed by atoms with Crippen LogP contribution in [0, 0.1) is 0 Å². The number of hydrogen-bond acceptors (Lipinski definition) is 4. The SMILES string of the molecule is CCCCCCCCCCCCCCCCCC(=O)On1c(O)ccc1O. The quantitative estimate of drug-likeness (QED) is 0.319. The minimum Gasteiger partial charge on any atom is -0.492 e. The molecule has 0 aliphatic carbocycles. The maximum atomic E-state index is 11.7. The molecule has 0 spiro atoms. The molecule has 0 bridgehead atoms. The van der Waals surface area contributed by atoms with Gasteiger partial charge in [-0.3, -0.25) is 0 Å². The number of nitrogens with zero attached hydrogens (tertiary/aromatic N) is 1. The Hall–Kier alpha value is -1.65. The lowest BCUT2D eigenvalue weighted by Crippen LogP contribution is -2.18. The molecule has 2 N–H and O–H groups in total. The van der Waals surface area contributed by atoms with E-state index in [4.69, 9.17) is 4.84 Å². The summed E-state index contributed by atoms with van der Waals surface area (Å²) >= 11 is 0. The average molecular weight is 382 g/mol. The molecule has 1 aromatic heterocycles. The number of aromatic hydroxyl groups is 2. The van der Waals surface area contributed by atoms with Crippen LogP contribution in [0.15, 0.2) is 12.1 Å². The molecular weight excluding hydrogens is 342 g/mol. The van der Waals surface area contributed by atoms with Crippen LogP contribution in [0.3, 0.4) is 0 Å². The number of unbranched alkanes of at least 4 members (excludes halogenated alkanes) is 14. The number of carbonyl (C=O) groups excluding carboxylic acids is 1. The van der Waals surface area contributed by atoms with Gasteiger partial charge in [-0.05, 0) is 6.42 Å². The predicted octanol–water partition coefficient (Wildman–Crippen LogP) is 6.12. The summed E-state index contributed by atoms with van der Waals surface area (Å²) in [6, 6.07) is 2.55. The van der Waals surface area contributed by atoms with Crippen molar-refractivity contribution in [2.45, 2.75) is 110 Å². The number of carbonyl (C=O) groups is 1. The highest BCUT2D eigenvalue weighted by Gasteiger charge is 2.11. The maximum Gasteiger partial charge on any atom is 0.333 e. The third kappa shape index (κ3) is 11.6. The van der Waals surface area contributed by atoms with Crippen molar-refractivity contribution in [2.75, 3.05) is 0 Å². The highest BCUT2D eigenvalue weighted by molar-refractivity contribution is 5.69. The van der Waals surface area contributed by atoms with Crippen molar-refractivity contribution in [3.63, 3.8) is 0 Å². The Morgan fingerprint density at radius 3 is 1.52 bits per heavy atom. The van der Waals surface area contributed by atoms with E-state index >= 15 is 0 Å². The number of aromatic nitrogens is 1. The van der Waals surface area contributed by atoms with E-state index in [1.165, 1.54) is 89.2 Å². The molecule has 0 aliphatic heterocycles. The molecule has 1 heterocycles. The van der Waals surface area contributed by atoms with Crippen molar-refractivity contribution in [1.82, 2.24) is 4.73 Å². The van der Waals surface area contributed by atoms with E-state index in [1.54, 1.807) is 0 Å². The number of hydrogen-bond donors (Lipinski definition) is 2. The van der Waals surface area contributed by atoms with E-state index in [-0.39, 0.29) is 11.8 Å². The van der Waals surface area contributed by atoms with E-state index in [0.29, 0.717) is 6.42 Å². The molecule has 27 heavy (non-hydrogen) atoms. The van der Waals surface area contributed by atoms with Gasteiger partial charge in [0, 0.05) is 18.6 Å². The Morgan fingerprint density at radius 1 is 0.741 bits per heavy atom. The van der Waals surface area contributed by atoms with Gasteiger partial charge in [0.2, 0.25) is 11.8 Å². The molecule has 1 aromatic rings. The lowest BCUT2D eigenvalue weighted by atomic mass is 10.0. The van der Waals surface area contributed by atoms with Crippen molar-refractivity contribution in [1.29, 1.82) is 0 Å². The monoisotopic (exact) mass is 381 g/mol. The van der Waals surface area contributed by atoms with Crippen molar-refractivity contribution < 1.29 is 19.8 Å². The molecule has 156 valence electrons. The zero-order valence-electron chi connectivity index (χ0n) is 17.1. The molecule has 0 saturated carbocycles. The summed E-state index contributed by atoms with van der Waals surface area (Å²) in [5.41, 5.74) is 0. The molecule has 1 rings (SSSR count). The van der Waals surface area contributed by atoms with Gasteiger partial charge in [-0.15, -0.1) is 4.73 Å². The van der Waals surface area contributed by atoms with E-state index < -0.39 is 5.97 Å². The molecular formula is C22H39NO4. The second-order valence-corrected chi connectivity index (χ2v) is 7.51. The third-order valence-electron chi connectivity index (χ3n) is 4.98. The minimum absolute atomic E-state index is 0.280. The fraction of sp³-hybridized carbons (Fsp3) is 0.773. The Labute approximate surface area is 164 Å². The number of rotatable bonds is 17. The summed E-state index contributed by atoms with van der Waals surface area (Å²) in [6.07, 6.45) is 19.5. The van der Waals surface area contributed by atoms with Gasteiger partial charge in [0.15, 0.2) is 0 Å².